The minimum Gasteiger partial charge on any atom is -0.392 e. The van der Waals surface area contributed by atoms with Crippen LogP contribution in [0.15, 0.2) is 36.4 Å². The van der Waals surface area contributed by atoms with Crippen molar-refractivity contribution in [2.45, 2.75) is 122 Å². The smallest absolute Gasteiger partial charge is 0.245 e. The fourth-order valence-corrected chi connectivity index (χ4v) is 12.5. The molecule has 4 aliphatic carbocycles. The Bertz CT molecular complexity index is 1940. The van der Waals surface area contributed by atoms with Crippen LogP contribution in [0, 0.1) is 28.6 Å². The number of carbonyl (C=O) groups is 2. The van der Waals surface area contributed by atoms with Gasteiger partial charge in [0.1, 0.15) is 6.04 Å². The highest BCUT2D eigenvalue weighted by Crippen LogP contribution is 2.71. The van der Waals surface area contributed by atoms with E-state index in [2.05, 4.69) is 71.8 Å². The maximum absolute atomic E-state index is 14.8. The molecule has 2 fully saturated rings. The van der Waals surface area contributed by atoms with Gasteiger partial charge in [-0.15, -0.1) is 0 Å². The van der Waals surface area contributed by atoms with E-state index >= 15 is 0 Å². The van der Waals surface area contributed by atoms with Gasteiger partial charge in [0, 0.05) is 47.5 Å². The number of benzene rings is 1. The van der Waals surface area contributed by atoms with Crippen molar-refractivity contribution in [3.05, 3.63) is 64.4 Å². The largest absolute Gasteiger partial charge is 0.392 e. The van der Waals surface area contributed by atoms with E-state index in [4.69, 9.17) is 4.74 Å². The maximum Gasteiger partial charge on any atom is 0.245 e. The minimum absolute atomic E-state index is 0.0297. The number of likely N-dealkylation sites (N-methyl/N-ethyl adjacent to an activating group) is 1. The molecule has 2 aromatic rings. The zero-order valence-electron chi connectivity index (χ0n) is 31.0. The molecule has 3 heterocycles. The number of ether oxygens (including phenoxy) is 1. The molecule has 1 aromatic heterocycles. The summed E-state index contributed by atoms with van der Waals surface area (Å²) in [6.07, 6.45) is 8.87. The van der Waals surface area contributed by atoms with Crippen molar-refractivity contribution in [3.8, 4) is 0 Å². The average molecular weight is 667 g/mol. The summed E-state index contributed by atoms with van der Waals surface area (Å²) in [7, 11) is 3.51. The topological polar surface area (TPSA) is 92.0 Å². The van der Waals surface area contributed by atoms with E-state index in [-0.39, 0.29) is 34.4 Å². The third kappa shape index (κ3) is 3.90. The van der Waals surface area contributed by atoms with Gasteiger partial charge in [-0.3, -0.25) is 9.59 Å². The molecule has 7 heteroatoms. The van der Waals surface area contributed by atoms with E-state index in [1.54, 1.807) is 25.1 Å². The van der Waals surface area contributed by atoms with Crippen molar-refractivity contribution in [1.82, 2.24) is 9.47 Å². The van der Waals surface area contributed by atoms with Crippen LogP contribution in [0.1, 0.15) is 126 Å². The highest BCUT2D eigenvalue weighted by molar-refractivity contribution is 6.18. The van der Waals surface area contributed by atoms with Crippen LogP contribution in [0.25, 0.3) is 16.5 Å². The molecule has 0 unspecified atom stereocenters. The maximum atomic E-state index is 14.8. The number of aromatic nitrogens is 1. The van der Waals surface area contributed by atoms with Gasteiger partial charge in [0.25, 0.3) is 0 Å². The Balaban J connectivity index is 1.38. The van der Waals surface area contributed by atoms with Crippen molar-refractivity contribution in [1.29, 1.82) is 0 Å². The average Bonchev–Trinajstić information content (AvgIpc) is 3.66. The molecular formula is C42H54N2O5. The SMILES string of the molecule is C=C(C)[C@H]1C(=O)c2c3c(cc4c5c(n1c24)[C@@]1(C)[C@@H](CC[C@H]2[C@](C)(/C=C/C(=O)N(C)C)[C@@H](O)CC[C@@]21C)C5)C1=CC(C)(C)OC(C)(C)[C@H]1[C@@H]3O. The number of fused-ring (bicyclic) bond motifs is 11. The Labute approximate surface area is 291 Å². The van der Waals surface area contributed by atoms with Gasteiger partial charge < -0.3 is 24.4 Å². The summed E-state index contributed by atoms with van der Waals surface area (Å²) in [5, 5.41) is 24.9. The fraction of sp³-hybridized carbons (Fsp3) is 0.619. The molecule has 0 saturated heterocycles. The van der Waals surface area contributed by atoms with Crippen LogP contribution >= 0.6 is 0 Å². The summed E-state index contributed by atoms with van der Waals surface area (Å²) >= 11 is 0. The lowest BCUT2D eigenvalue weighted by Crippen LogP contribution is -2.62. The fourth-order valence-electron chi connectivity index (χ4n) is 12.5. The predicted molar refractivity (Wildman–Crippen MR) is 192 cm³/mol. The monoisotopic (exact) mass is 666 g/mol. The normalized spacial score (nSPS) is 39.3. The quantitative estimate of drug-likeness (QED) is 0.266. The first-order valence-corrected chi connectivity index (χ1v) is 18.3. The second-order valence-electron chi connectivity index (χ2n) is 18.4. The summed E-state index contributed by atoms with van der Waals surface area (Å²) in [6, 6.07) is 1.77. The summed E-state index contributed by atoms with van der Waals surface area (Å²) in [4.78, 5) is 29.2. The van der Waals surface area contributed by atoms with Crippen LogP contribution < -0.4 is 0 Å². The van der Waals surface area contributed by atoms with E-state index in [1.807, 2.05) is 13.0 Å². The molecule has 2 saturated carbocycles. The van der Waals surface area contributed by atoms with Crippen molar-refractivity contribution in [3.63, 3.8) is 0 Å². The van der Waals surface area contributed by atoms with Gasteiger partial charge in [-0.25, -0.2) is 0 Å². The molecule has 9 atom stereocenters. The molecule has 0 spiro atoms. The second-order valence-corrected chi connectivity index (χ2v) is 18.4. The number of aliphatic hydroxyl groups is 2. The highest BCUT2D eigenvalue weighted by atomic mass is 16.5. The van der Waals surface area contributed by atoms with Crippen LogP contribution in [0.5, 0.6) is 0 Å². The number of nitrogens with zero attached hydrogens (tertiary/aromatic N) is 2. The van der Waals surface area contributed by atoms with Crippen molar-refractivity contribution >= 4 is 28.2 Å². The summed E-state index contributed by atoms with van der Waals surface area (Å²) in [5.74, 6) is 0.207. The number of ketones is 1. The van der Waals surface area contributed by atoms with Crippen LogP contribution in [0.3, 0.4) is 0 Å². The lowest BCUT2D eigenvalue weighted by Gasteiger charge is -2.64. The number of rotatable bonds is 3. The Morgan fingerprint density at radius 1 is 1.08 bits per heavy atom. The number of amides is 1. The Morgan fingerprint density at radius 2 is 1.78 bits per heavy atom. The Hall–Kier alpha value is -3.00. The number of hydrogen-bond donors (Lipinski definition) is 2. The number of allylic oxidation sites excluding steroid dienone is 1. The molecule has 1 aromatic carbocycles. The van der Waals surface area contributed by atoms with E-state index < -0.39 is 34.9 Å². The molecule has 0 radical (unpaired) electrons. The van der Waals surface area contributed by atoms with Crippen LogP contribution in [0.2, 0.25) is 0 Å². The zero-order valence-corrected chi connectivity index (χ0v) is 31.0. The molecule has 49 heavy (non-hydrogen) atoms. The van der Waals surface area contributed by atoms with Crippen LogP contribution in [-0.4, -0.2) is 62.8 Å². The molecule has 8 rings (SSSR count). The number of hydrogen-bond acceptors (Lipinski definition) is 5. The van der Waals surface area contributed by atoms with E-state index in [9.17, 15) is 19.8 Å². The van der Waals surface area contributed by atoms with Crippen LogP contribution in [-0.2, 0) is 21.4 Å². The molecule has 1 amide bonds. The van der Waals surface area contributed by atoms with Crippen molar-refractivity contribution in [2.24, 2.45) is 28.6 Å². The lowest BCUT2D eigenvalue weighted by molar-refractivity contribution is -0.145. The first-order valence-electron chi connectivity index (χ1n) is 18.3. The number of aliphatic hydroxyl groups excluding tert-OH is 2. The third-order valence-corrected chi connectivity index (χ3v) is 14.6. The Morgan fingerprint density at radius 3 is 2.43 bits per heavy atom. The van der Waals surface area contributed by atoms with Gasteiger partial charge in [0.2, 0.25) is 5.91 Å². The molecule has 2 aliphatic heterocycles. The van der Waals surface area contributed by atoms with Gasteiger partial charge >= 0.3 is 0 Å². The van der Waals surface area contributed by atoms with Gasteiger partial charge in [-0.2, -0.15) is 0 Å². The first kappa shape index (κ1) is 33.2. The van der Waals surface area contributed by atoms with Crippen molar-refractivity contribution in [2.75, 3.05) is 14.1 Å². The molecule has 2 N–H and O–H groups in total. The first-order chi connectivity index (χ1) is 22.7. The zero-order chi connectivity index (χ0) is 35.5. The van der Waals surface area contributed by atoms with Crippen LogP contribution in [0.4, 0.5) is 0 Å². The van der Waals surface area contributed by atoms with Gasteiger partial charge in [-0.1, -0.05) is 39.0 Å². The van der Waals surface area contributed by atoms with E-state index in [0.29, 0.717) is 17.9 Å². The standard InChI is InChI=1S/C42H54N2O5/c1-21(2)33-36(48)31-30-23(26-20-38(3,4)49-39(5,6)32(26)35(30)47)19-24-25-18-22-12-13-27-40(7,16-15-29(46)43(10)11)28(45)14-17-41(27,8)42(22,9)37(25)44(33)34(24)31/h15-16,19-20,22,27-28,32-33,35,45,47H,1,12-14,17-18H2,2-11H3/b16-15+/t22-,27-,28-,32+,33-,35+,40-,41-,42+/m0/s1. The molecule has 0 bridgehead atoms. The van der Waals surface area contributed by atoms with Gasteiger partial charge in [-0.05, 0) is 119 Å². The number of Topliss-reactive ketones (excluding diaryl/α,β-unsaturated/α-hetero) is 1. The summed E-state index contributed by atoms with van der Waals surface area (Å²) < 4.78 is 8.87. The van der Waals surface area contributed by atoms with E-state index in [0.717, 1.165) is 58.9 Å². The lowest BCUT2D eigenvalue weighted by atomic mass is 9.40. The molecule has 6 aliphatic rings. The van der Waals surface area contributed by atoms with E-state index in [1.165, 1.54) is 11.3 Å². The second kappa shape index (κ2) is 9.86. The molecule has 262 valence electrons. The number of carbonyl (C=O) groups excluding carboxylic acids is 2. The highest BCUT2D eigenvalue weighted by Gasteiger charge is 2.68. The molecule has 7 nitrogen and oxygen atoms in total. The minimum atomic E-state index is -0.852. The summed E-state index contributed by atoms with van der Waals surface area (Å²) in [6.45, 7) is 21.6. The molecular weight excluding hydrogens is 612 g/mol. The third-order valence-electron chi connectivity index (χ3n) is 14.6. The van der Waals surface area contributed by atoms with Gasteiger partial charge in [0.05, 0.1) is 34.5 Å². The Kier molecular flexibility index (Phi) is 6.67. The predicted octanol–water partition coefficient (Wildman–Crippen LogP) is 7.24. The van der Waals surface area contributed by atoms with Gasteiger partial charge in [0.15, 0.2) is 5.78 Å². The summed E-state index contributed by atoms with van der Waals surface area (Å²) in [5.41, 5.74) is 5.65. The van der Waals surface area contributed by atoms with Crippen molar-refractivity contribution < 1.29 is 24.5 Å².